The highest BCUT2D eigenvalue weighted by molar-refractivity contribution is 7.99. The Morgan fingerprint density at radius 2 is 2.25 bits per heavy atom. The molecule has 0 aliphatic carbocycles. The van der Waals surface area contributed by atoms with Crippen LogP contribution in [0.4, 0.5) is 0 Å². The van der Waals surface area contributed by atoms with Gasteiger partial charge in [0.25, 0.3) is 5.22 Å². The van der Waals surface area contributed by atoms with Crippen LogP contribution in [-0.2, 0) is 4.79 Å². The average molecular weight is 244 g/mol. The third-order valence-electron chi connectivity index (χ3n) is 2.06. The lowest BCUT2D eigenvalue weighted by Crippen LogP contribution is -2.19. The Bertz CT molecular complexity index is 353. The standard InChI is InChI=1S/C9H16N4O2S/c1-4-6(13(2)3)8-11-12-9(15-8)16-5-7(10)14/h6H,4-5H2,1-3H3,(H2,10,14)/t6-/m0/s1. The van der Waals surface area contributed by atoms with Crippen molar-refractivity contribution < 1.29 is 9.21 Å². The molecule has 0 saturated heterocycles. The fourth-order valence-corrected chi connectivity index (χ4v) is 1.82. The highest BCUT2D eigenvalue weighted by atomic mass is 32.2. The van der Waals surface area contributed by atoms with E-state index >= 15 is 0 Å². The first-order chi connectivity index (χ1) is 7.54. The summed E-state index contributed by atoms with van der Waals surface area (Å²) in [7, 11) is 3.91. The zero-order chi connectivity index (χ0) is 12.1. The summed E-state index contributed by atoms with van der Waals surface area (Å²) in [5.74, 6) is 0.323. The predicted octanol–water partition coefficient (Wildman–Crippen LogP) is 0.660. The van der Waals surface area contributed by atoms with Gasteiger partial charge in [-0.3, -0.25) is 9.69 Å². The van der Waals surface area contributed by atoms with Gasteiger partial charge >= 0.3 is 0 Å². The largest absolute Gasteiger partial charge is 0.414 e. The first-order valence-corrected chi connectivity index (χ1v) is 5.94. The lowest BCUT2D eigenvalue weighted by Gasteiger charge is -2.18. The molecule has 1 amide bonds. The molecule has 0 spiro atoms. The number of amides is 1. The number of hydrogen-bond acceptors (Lipinski definition) is 6. The van der Waals surface area contributed by atoms with Crippen LogP contribution in [0.25, 0.3) is 0 Å². The van der Waals surface area contributed by atoms with Crippen LogP contribution in [0.15, 0.2) is 9.64 Å². The Hall–Kier alpha value is -1.08. The SMILES string of the molecule is CC[C@@H](c1nnc(SCC(N)=O)o1)N(C)C. The zero-order valence-electron chi connectivity index (χ0n) is 9.64. The first kappa shape index (κ1) is 13.0. The summed E-state index contributed by atoms with van der Waals surface area (Å²) in [5, 5.41) is 8.19. The van der Waals surface area contributed by atoms with Crippen molar-refractivity contribution in [2.75, 3.05) is 19.8 Å². The van der Waals surface area contributed by atoms with E-state index < -0.39 is 5.91 Å². The number of thioether (sulfide) groups is 1. The molecule has 0 bridgehead atoms. The van der Waals surface area contributed by atoms with Crippen molar-refractivity contribution in [3.8, 4) is 0 Å². The third kappa shape index (κ3) is 3.49. The van der Waals surface area contributed by atoms with Crippen molar-refractivity contribution in [2.45, 2.75) is 24.6 Å². The average Bonchev–Trinajstić information content (AvgIpc) is 2.64. The molecule has 6 nitrogen and oxygen atoms in total. The highest BCUT2D eigenvalue weighted by Crippen LogP contribution is 2.23. The molecule has 7 heteroatoms. The van der Waals surface area contributed by atoms with Gasteiger partial charge in [0.05, 0.1) is 11.8 Å². The topological polar surface area (TPSA) is 85.2 Å². The summed E-state index contributed by atoms with van der Waals surface area (Å²) in [4.78, 5) is 12.6. The van der Waals surface area contributed by atoms with Gasteiger partial charge in [0, 0.05) is 0 Å². The number of nitrogens with two attached hydrogens (primary N) is 1. The molecular formula is C9H16N4O2S. The van der Waals surface area contributed by atoms with E-state index in [1.165, 1.54) is 0 Å². The molecule has 0 aliphatic heterocycles. The van der Waals surface area contributed by atoms with Crippen LogP contribution in [0.1, 0.15) is 25.3 Å². The molecular weight excluding hydrogens is 228 g/mol. The second-order valence-corrected chi connectivity index (χ2v) is 4.48. The van der Waals surface area contributed by atoms with E-state index in [0.29, 0.717) is 11.1 Å². The van der Waals surface area contributed by atoms with Crippen molar-refractivity contribution in [1.82, 2.24) is 15.1 Å². The van der Waals surface area contributed by atoms with E-state index in [9.17, 15) is 4.79 Å². The van der Waals surface area contributed by atoms with Crippen molar-refractivity contribution in [3.05, 3.63) is 5.89 Å². The van der Waals surface area contributed by atoms with Crippen LogP contribution in [0.2, 0.25) is 0 Å². The minimum Gasteiger partial charge on any atom is -0.414 e. The molecule has 1 aromatic heterocycles. The quantitative estimate of drug-likeness (QED) is 0.740. The van der Waals surface area contributed by atoms with Crippen LogP contribution in [0.3, 0.4) is 0 Å². The molecule has 2 N–H and O–H groups in total. The molecule has 0 saturated carbocycles. The molecule has 1 heterocycles. The Morgan fingerprint density at radius 3 is 2.75 bits per heavy atom. The molecule has 0 aliphatic rings. The molecule has 0 radical (unpaired) electrons. The van der Waals surface area contributed by atoms with E-state index in [4.69, 9.17) is 10.2 Å². The summed E-state index contributed by atoms with van der Waals surface area (Å²) < 4.78 is 5.44. The van der Waals surface area contributed by atoms with Crippen molar-refractivity contribution >= 4 is 17.7 Å². The van der Waals surface area contributed by atoms with Crippen LogP contribution in [-0.4, -0.2) is 40.9 Å². The van der Waals surface area contributed by atoms with E-state index in [0.717, 1.165) is 18.2 Å². The van der Waals surface area contributed by atoms with Gasteiger partial charge in [0.15, 0.2) is 0 Å². The minimum atomic E-state index is -0.399. The smallest absolute Gasteiger partial charge is 0.277 e. The number of aromatic nitrogens is 2. The maximum atomic E-state index is 10.6. The summed E-state index contributed by atoms with van der Waals surface area (Å²) in [5.41, 5.74) is 5.02. The summed E-state index contributed by atoms with van der Waals surface area (Å²) in [6.07, 6.45) is 0.884. The summed E-state index contributed by atoms with van der Waals surface area (Å²) in [6, 6.07) is 0.107. The van der Waals surface area contributed by atoms with E-state index in [2.05, 4.69) is 10.2 Å². The number of nitrogens with zero attached hydrogens (tertiary/aromatic N) is 3. The third-order valence-corrected chi connectivity index (χ3v) is 2.90. The number of carbonyl (C=O) groups excluding carboxylic acids is 1. The fraction of sp³-hybridized carbons (Fsp3) is 0.667. The van der Waals surface area contributed by atoms with Gasteiger partial charge < -0.3 is 10.2 Å². The first-order valence-electron chi connectivity index (χ1n) is 4.95. The second kappa shape index (κ2) is 5.86. The van der Waals surface area contributed by atoms with Crippen molar-refractivity contribution in [2.24, 2.45) is 5.73 Å². The van der Waals surface area contributed by atoms with Gasteiger partial charge in [-0.15, -0.1) is 10.2 Å². The predicted molar refractivity (Wildman–Crippen MR) is 60.9 cm³/mol. The highest BCUT2D eigenvalue weighted by Gasteiger charge is 2.19. The Morgan fingerprint density at radius 1 is 1.56 bits per heavy atom. The molecule has 0 aromatic carbocycles. The molecule has 1 aromatic rings. The zero-order valence-corrected chi connectivity index (χ0v) is 10.5. The van der Waals surface area contributed by atoms with Gasteiger partial charge in [-0.2, -0.15) is 0 Å². The summed E-state index contributed by atoms with van der Waals surface area (Å²) in [6.45, 7) is 2.05. The fourth-order valence-electron chi connectivity index (χ4n) is 1.31. The second-order valence-electron chi connectivity index (χ2n) is 3.55. The monoisotopic (exact) mass is 244 g/mol. The van der Waals surface area contributed by atoms with Gasteiger partial charge in [0.1, 0.15) is 0 Å². The van der Waals surface area contributed by atoms with Crippen LogP contribution in [0.5, 0.6) is 0 Å². The van der Waals surface area contributed by atoms with Crippen molar-refractivity contribution in [3.63, 3.8) is 0 Å². The maximum absolute atomic E-state index is 10.6. The molecule has 0 fully saturated rings. The van der Waals surface area contributed by atoms with E-state index in [1.54, 1.807) is 0 Å². The minimum absolute atomic E-state index is 0.107. The molecule has 0 unspecified atom stereocenters. The maximum Gasteiger partial charge on any atom is 0.277 e. The van der Waals surface area contributed by atoms with E-state index in [-0.39, 0.29) is 11.8 Å². The van der Waals surface area contributed by atoms with Gasteiger partial charge in [-0.05, 0) is 20.5 Å². The Balaban J connectivity index is 2.66. The Labute approximate surface area is 98.6 Å². The van der Waals surface area contributed by atoms with Gasteiger partial charge in [0.2, 0.25) is 11.8 Å². The lowest BCUT2D eigenvalue weighted by molar-refractivity contribution is -0.115. The van der Waals surface area contributed by atoms with Crippen molar-refractivity contribution in [1.29, 1.82) is 0 Å². The number of carbonyl (C=O) groups is 1. The van der Waals surface area contributed by atoms with Gasteiger partial charge in [-0.1, -0.05) is 18.7 Å². The molecule has 1 atom stereocenters. The van der Waals surface area contributed by atoms with Crippen LogP contribution >= 0.6 is 11.8 Å². The van der Waals surface area contributed by atoms with Crippen LogP contribution in [0, 0.1) is 0 Å². The number of hydrogen-bond donors (Lipinski definition) is 1. The molecule has 90 valence electrons. The normalized spacial score (nSPS) is 13.0. The van der Waals surface area contributed by atoms with Crippen LogP contribution < -0.4 is 5.73 Å². The Kier molecular flexibility index (Phi) is 4.75. The lowest BCUT2D eigenvalue weighted by atomic mass is 10.2. The number of rotatable bonds is 6. The van der Waals surface area contributed by atoms with Gasteiger partial charge in [-0.25, -0.2) is 0 Å². The molecule has 16 heavy (non-hydrogen) atoms. The number of primary amides is 1. The molecule has 1 rings (SSSR count). The summed E-state index contributed by atoms with van der Waals surface area (Å²) >= 11 is 1.16. The van der Waals surface area contributed by atoms with E-state index in [1.807, 2.05) is 25.9 Å².